The molecule has 15 heavy (non-hydrogen) atoms. The first-order valence-electron chi connectivity index (χ1n) is 5.87. The number of nitrogens with zero attached hydrogens (tertiary/aromatic N) is 1. The molecule has 1 aromatic rings. The van der Waals surface area contributed by atoms with Crippen LogP contribution in [0.3, 0.4) is 0 Å². The Morgan fingerprint density at radius 1 is 1.47 bits per heavy atom. The Hall–Kier alpha value is -0.410. The molecule has 2 unspecified atom stereocenters. The van der Waals surface area contributed by atoms with Crippen molar-refractivity contribution in [3.63, 3.8) is 0 Å². The molecule has 0 saturated heterocycles. The van der Waals surface area contributed by atoms with Crippen LogP contribution in [0.1, 0.15) is 38.5 Å². The summed E-state index contributed by atoms with van der Waals surface area (Å²) >= 11 is 1.76. The van der Waals surface area contributed by atoms with Crippen LogP contribution in [0.2, 0.25) is 0 Å². The first-order chi connectivity index (χ1) is 7.26. The molecule has 3 heteroatoms. The van der Waals surface area contributed by atoms with Crippen molar-refractivity contribution in [2.75, 3.05) is 6.54 Å². The third-order valence-electron chi connectivity index (χ3n) is 2.81. The lowest BCUT2D eigenvalue weighted by atomic mass is 9.97. The summed E-state index contributed by atoms with van der Waals surface area (Å²) in [5, 5.41) is 3.56. The summed E-state index contributed by atoms with van der Waals surface area (Å²) in [6.07, 6.45) is 5.65. The van der Waals surface area contributed by atoms with E-state index in [-0.39, 0.29) is 0 Å². The zero-order valence-corrected chi connectivity index (χ0v) is 10.8. The van der Waals surface area contributed by atoms with E-state index in [4.69, 9.17) is 0 Å². The van der Waals surface area contributed by atoms with Gasteiger partial charge < -0.3 is 5.32 Å². The van der Waals surface area contributed by atoms with E-state index in [2.05, 4.69) is 31.1 Å². The topological polar surface area (TPSA) is 24.9 Å². The standard InChI is InChI=1S/C12H22N2S/c1-4-10(3)6-11(14-5-2)7-12-8-13-9-15-12/h8-11,14H,4-7H2,1-3H3. The average molecular weight is 226 g/mol. The summed E-state index contributed by atoms with van der Waals surface area (Å²) in [7, 11) is 0. The van der Waals surface area contributed by atoms with Gasteiger partial charge in [0.05, 0.1) is 5.51 Å². The third kappa shape index (κ3) is 4.76. The van der Waals surface area contributed by atoms with E-state index in [1.807, 2.05) is 11.7 Å². The predicted molar refractivity (Wildman–Crippen MR) is 67.4 cm³/mol. The second-order valence-corrected chi connectivity index (χ2v) is 5.15. The number of hydrogen-bond acceptors (Lipinski definition) is 3. The molecule has 1 N–H and O–H groups in total. The molecule has 0 saturated carbocycles. The number of likely N-dealkylation sites (N-methyl/N-ethyl adjacent to an activating group) is 1. The van der Waals surface area contributed by atoms with Crippen molar-refractivity contribution in [2.24, 2.45) is 5.92 Å². The monoisotopic (exact) mass is 226 g/mol. The van der Waals surface area contributed by atoms with Gasteiger partial charge in [0.2, 0.25) is 0 Å². The van der Waals surface area contributed by atoms with Crippen LogP contribution in [0, 0.1) is 5.92 Å². The number of rotatable bonds is 7. The quantitative estimate of drug-likeness (QED) is 0.773. The Labute approximate surface area is 97.1 Å². The molecule has 0 aliphatic heterocycles. The van der Waals surface area contributed by atoms with Crippen molar-refractivity contribution in [3.05, 3.63) is 16.6 Å². The molecular formula is C12H22N2S. The maximum atomic E-state index is 4.13. The van der Waals surface area contributed by atoms with Crippen LogP contribution in [0.25, 0.3) is 0 Å². The zero-order chi connectivity index (χ0) is 11.1. The third-order valence-corrected chi connectivity index (χ3v) is 3.61. The maximum absolute atomic E-state index is 4.13. The van der Waals surface area contributed by atoms with Gasteiger partial charge in [0.25, 0.3) is 0 Å². The van der Waals surface area contributed by atoms with Gasteiger partial charge in [0.15, 0.2) is 0 Å². The number of hydrogen-bond donors (Lipinski definition) is 1. The van der Waals surface area contributed by atoms with Gasteiger partial charge in [-0.3, -0.25) is 4.98 Å². The van der Waals surface area contributed by atoms with Crippen molar-refractivity contribution >= 4 is 11.3 Å². The maximum Gasteiger partial charge on any atom is 0.0794 e. The van der Waals surface area contributed by atoms with Gasteiger partial charge in [0.1, 0.15) is 0 Å². The number of thiazole rings is 1. The molecule has 0 aliphatic carbocycles. The number of aromatic nitrogens is 1. The highest BCUT2D eigenvalue weighted by atomic mass is 32.1. The number of nitrogens with one attached hydrogen (secondary N) is 1. The summed E-state index contributed by atoms with van der Waals surface area (Å²) in [6, 6.07) is 0.616. The molecular weight excluding hydrogens is 204 g/mol. The van der Waals surface area contributed by atoms with Gasteiger partial charge in [0, 0.05) is 17.1 Å². The average Bonchev–Trinajstić information content (AvgIpc) is 2.70. The van der Waals surface area contributed by atoms with E-state index >= 15 is 0 Å². The summed E-state index contributed by atoms with van der Waals surface area (Å²) in [4.78, 5) is 5.52. The van der Waals surface area contributed by atoms with Gasteiger partial charge >= 0.3 is 0 Å². The Kier molecular flexibility index (Phi) is 5.88. The summed E-state index contributed by atoms with van der Waals surface area (Å²) in [5.74, 6) is 0.807. The molecule has 86 valence electrons. The first-order valence-corrected chi connectivity index (χ1v) is 6.74. The highest BCUT2D eigenvalue weighted by Crippen LogP contribution is 2.15. The van der Waals surface area contributed by atoms with Gasteiger partial charge in [-0.15, -0.1) is 11.3 Å². The molecule has 2 nitrogen and oxygen atoms in total. The Morgan fingerprint density at radius 2 is 2.27 bits per heavy atom. The van der Waals surface area contributed by atoms with Crippen molar-refractivity contribution < 1.29 is 0 Å². The van der Waals surface area contributed by atoms with Gasteiger partial charge in [-0.25, -0.2) is 0 Å². The molecule has 0 amide bonds. The van der Waals surface area contributed by atoms with Crippen LogP contribution in [0.5, 0.6) is 0 Å². The largest absolute Gasteiger partial charge is 0.314 e. The van der Waals surface area contributed by atoms with Crippen LogP contribution in [-0.4, -0.2) is 17.6 Å². The summed E-state index contributed by atoms with van der Waals surface area (Å²) in [5.41, 5.74) is 1.92. The highest BCUT2D eigenvalue weighted by Gasteiger charge is 2.12. The fourth-order valence-electron chi connectivity index (χ4n) is 1.77. The van der Waals surface area contributed by atoms with Crippen LogP contribution in [0.4, 0.5) is 0 Å². The lowest BCUT2D eigenvalue weighted by Gasteiger charge is -2.20. The lowest BCUT2D eigenvalue weighted by Crippen LogP contribution is -2.32. The summed E-state index contributed by atoms with van der Waals surface area (Å²) in [6.45, 7) is 7.83. The van der Waals surface area contributed by atoms with E-state index in [1.165, 1.54) is 17.7 Å². The van der Waals surface area contributed by atoms with Gasteiger partial charge in [-0.05, 0) is 25.3 Å². The Bertz CT molecular complexity index is 246. The molecule has 0 aromatic carbocycles. The minimum absolute atomic E-state index is 0.616. The van der Waals surface area contributed by atoms with E-state index in [9.17, 15) is 0 Å². The fourth-order valence-corrected chi connectivity index (χ4v) is 2.44. The van der Waals surface area contributed by atoms with Gasteiger partial charge in [-0.2, -0.15) is 0 Å². The molecule has 1 rings (SSSR count). The second kappa shape index (κ2) is 6.96. The SMILES string of the molecule is CCNC(Cc1cncs1)CC(C)CC. The molecule has 0 bridgehead atoms. The van der Waals surface area contributed by atoms with Crippen LogP contribution >= 0.6 is 11.3 Å². The van der Waals surface area contributed by atoms with Crippen molar-refractivity contribution in [3.8, 4) is 0 Å². The van der Waals surface area contributed by atoms with Crippen LogP contribution < -0.4 is 5.32 Å². The van der Waals surface area contributed by atoms with Gasteiger partial charge in [-0.1, -0.05) is 27.2 Å². The van der Waals surface area contributed by atoms with E-state index in [0.717, 1.165) is 18.9 Å². The van der Waals surface area contributed by atoms with E-state index < -0.39 is 0 Å². The molecule has 2 atom stereocenters. The highest BCUT2D eigenvalue weighted by molar-refractivity contribution is 7.09. The smallest absolute Gasteiger partial charge is 0.0794 e. The normalized spacial score (nSPS) is 15.1. The van der Waals surface area contributed by atoms with E-state index in [1.54, 1.807) is 11.3 Å². The van der Waals surface area contributed by atoms with Crippen LogP contribution in [0.15, 0.2) is 11.7 Å². The molecule has 1 aromatic heterocycles. The van der Waals surface area contributed by atoms with Crippen molar-refractivity contribution in [1.82, 2.24) is 10.3 Å². The molecule has 0 aliphatic rings. The first kappa shape index (κ1) is 12.7. The Balaban J connectivity index is 2.43. The minimum atomic E-state index is 0.616. The molecule has 0 fully saturated rings. The lowest BCUT2D eigenvalue weighted by molar-refractivity contribution is 0.398. The minimum Gasteiger partial charge on any atom is -0.314 e. The fraction of sp³-hybridized carbons (Fsp3) is 0.750. The molecule has 0 spiro atoms. The second-order valence-electron chi connectivity index (χ2n) is 4.18. The summed E-state index contributed by atoms with van der Waals surface area (Å²) < 4.78 is 0. The molecule has 1 heterocycles. The van der Waals surface area contributed by atoms with E-state index in [0.29, 0.717) is 6.04 Å². The predicted octanol–water partition coefficient (Wildman–Crippen LogP) is 3.10. The zero-order valence-electron chi connectivity index (χ0n) is 9.99. The molecule has 0 radical (unpaired) electrons. The van der Waals surface area contributed by atoms with Crippen molar-refractivity contribution in [2.45, 2.75) is 46.1 Å². The van der Waals surface area contributed by atoms with Crippen molar-refractivity contribution in [1.29, 1.82) is 0 Å². The Morgan fingerprint density at radius 3 is 2.80 bits per heavy atom. The van der Waals surface area contributed by atoms with Crippen LogP contribution in [-0.2, 0) is 6.42 Å².